The van der Waals surface area contributed by atoms with Gasteiger partial charge in [-0.2, -0.15) is 0 Å². The molecule has 0 saturated carbocycles. The number of aromatic hydroxyl groups is 1. The summed E-state index contributed by atoms with van der Waals surface area (Å²) in [6.45, 7) is 3.98. The van der Waals surface area contributed by atoms with E-state index < -0.39 is 0 Å². The van der Waals surface area contributed by atoms with E-state index in [1.807, 2.05) is 19.9 Å². The van der Waals surface area contributed by atoms with Crippen molar-refractivity contribution in [3.8, 4) is 17.0 Å². The Morgan fingerprint density at radius 1 is 1.13 bits per heavy atom. The Balaban J connectivity index is 2.59. The molecule has 0 atom stereocenters. The number of rotatable bonds is 1. The molecule has 0 fully saturated rings. The van der Waals surface area contributed by atoms with Gasteiger partial charge < -0.3 is 5.11 Å². The highest BCUT2D eigenvalue weighted by Crippen LogP contribution is 2.29. The highest BCUT2D eigenvalue weighted by atomic mass is 16.3. The van der Waals surface area contributed by atoms with E-state index in [2.05, 4.69) is 9.97 Å². The number of hydrogen-bond acceptors (Lipinski definition) is 3. The van der Waals surface area contributed by atoms with Gasteiger partial charge in [-0.05, 0) is 43.2 Å². The number of aromatic nitrogens is 2. The lowest BCUT2D eigenvalue weighted by Gasteiger charge is -2.07. The second-order valence-corrected chi connectivity index (χ2v) is 3.55. The molecule has 0 saturated heterocycles. The predicted molar refractivity (Wildman–Crippen MR) is 58.6 cm³/mol. The number of benzene rings is 1. The van der Waals surface area contributed by atoms with Crippen molar-refractivity contribution in [3.63, 3.8) is 0 Å². The molecule has 15 heavy (non-hydrogen) atoms. The van der Waals surface area contributed by atoms with Gasteiger partial charge in [-0.1, -0.05) is 0 Å². The average molecular weight is 200 g/mol. The van der Waals surface area contributed by atoms with Gasteiger partial charge in [-0.3, -0.25) is 0 Å². The van der Waals surface area contributed by atoms with Gasteiger partial charge in [-0.25, -0.2) is 9.97 Å². The zero-order valence-corrected chi connectivity index (χ0v) is 8.73. The molecular weight excluding hydrogens is 188 g/mol. The van der Waals surface area contributed by atoms with Gasteiger partial charge in [0.1, 0.15) is 12.1 Å². The van der Waals surface area contributed by atoms with Crippen molar-refractivity contribution in [2.45, 2.75) is 13.8 Å². The van der Waals surface area contributed by atoms with Crippen LogP contribution in [0.25, 0.3) is 11.3 Å². The molecule has 2 aromatic rings. The van der Waals surface area contributed by atoms with Gasteiger partial charge in [0, 0.05) is 11.8 Å². The Bertz CT molecular complexity index is 480. The molecule has 0 aliphatic carbocycles. The summed E-state index contributed by atoms with van der Waals surface area (Å²) in [5.74, 6) is 0.261. The average Bonchev–Trinajstić information content (AvgIpc) is 2.25. The van der Waals surface area contributed by atoms with Crippen LogP contribution in [-0.4, -0.2) is 15.1 Å². The molecule has 3 nitrogen and oxygen atoms in total. The lowest BCUT2D eigenvalue weighted by Crippen LogP contribution is -1.88. The molecule has 1 aromatic heterocycles. The largest absolute Gasteiger partial charge is 0.507 e. The summed E-state index contributed by atoms with van der Waals surface area (Å²) in [6, 6.07) is 5.48. The molecule has 0 radical (unpaired) electrons. The van der Waals surface area contributed by atoms with Crippen molar-refractivity contribution in [1.29, 1.82) is 0 Å². The molecule has 0 unspecified atom stereocenters. The number of phenolic OH excluding ortho intramolecular Hbond substituents is 1. The molecule has 1 heterocycles. The van der Waals surface area contributed by atoms with Gasteiger partial charge in [0.15, 0.2) is 0 Å². The summed E-state index contributed by atoms with van der Waals surface area (Å²) in [7, 11) is 0. The van der Waals surface area contributed by atoms with Gasteiger partial charge >= 0.3 is 0 Å². The maximum atomic E-state index is 9.81. The van der Waals surface area contributed by atoms with Gasteiger partial charge in [0.25, 0.3) is 0 Å². The minimum Gasteiger partial charge on any atom is -0.507 e. The van der Waals surface area contributed by atoms with Gasteiger partial charge in [-0.15, -0.1) is 0 Å². The summed E-state index contributed by atoms with van der Waals surface area (Å²) >= 11 is 0. The minimum atomic E-state index is 0.261. The summed E-state index contributed by atoms with van der Waals surface area (Å²) in [6.07, 6.45) is 3.14. The summed E-state index contributed by atoms with van der Waals surface area (Å²) in [5, 5.41) is 9.81. The van der Waals surface area contributed by atoms with Gasteiger partial charge in [0.2, 0.25) is 0 Å². The van der Waals surface area contributed by atoms with Crippen LogP contribution in [0, 0.1) is 13.8 Å². The summed E-state index contributed by atoms with van der Waals surface area (Å²) in [5.41, 5.74) is 3.71. The molecule has 0 bridgehead atoms. The van der Waals surface area contributed by atoms with Crippen LogP contribution >= 0.6 is 0 Å². The van der Waals surface area contributed by atoms with E-state index in [-0.39, 0.29) is 5.75 Å². The number of nitrogens with zero attached hydrogens (tertiary/aromatic N) is 2. The quantitative estimate of drug-likeness (QED) is 0.769. The smallest absolute Gasteiger partial charge is 0.125 e. The molecule has 3 heteroatoms. The number of aryl methyl sites for hydroxylation is 2. The second-order valence-electron chi connectivity index (χ2n) is 3.55. The third kappa shape index (κ3) is 1.81. The standard InChI is InChI=1S/C12H12N2O/c1-8-5-10(12(15)6-9(8)2)11-3-4-13-7-14-11/h3-7,15H,1-2H3. The lowest BCUT2D eigenvalue weighted by atomic mass is 10.0. The van der Waals surface area contributed by atoms with Crippen LogP contribution < -0.4 is 0 Å². The fourth-order valence-corrected chi connectivity index (χ4v) is 1.46. The SMILES string of the molecule is Cc1cc(O)c(-c2ccncn2)cc1C. The fraction of sp³-hybridized carbons (Fsp3) is 0.167. The van der Waals surface area contributed by atoms with E-state index in [4.69, 9.17) is 0 Å². The Morgan fingerprint density at radius 2 is 1.87 bits per heavy atom. The van der Waals surface area contributed by atoms with Crippen LogP contribution in [0.1, 0.15) is 11.1 Å². The minimum absolute atomic E-state index is 0.261. The third-order valence-electron chi connectivity index (χ3n) is 2.47. The lowest BCUT2D eigenvalue weighted by molar-refractivity contribution is 0.476. The van der Waals surface area contributed by atoms with Crippen LogP contribution in [0.2, 0.25) is 0 Å². The van der Waals surface area contributed by atoms with Crippen molar-refractivity contribution < 1.29 is 5.11 Å². The van der Waals surface area contributed by atoms with E-state index in [0.29, 0.717) is 0 Å². The van der Waals surface area contributed by atoms with Gasteiger partial charge in [0.05, 0.1) is 5.69 Å². The Kier molecular flexibility index (Phi) is 2.37. The summed E-state index contributed by atoms with van der Waals surface area (Å²) < 4.78 is 0. The topological polar surface area (TPSA) is 46.0 Å². The van der Waals surface area contributed by atoms with Crippen molar-refractivity contribution in [1.82, 2.24) is 9.97 Å². The molecule has 76 valence electrons. The van der Waals surface area contributed by atoms with E-state index in [9.17, 15) is 5.11 Å². The second kappa shape index (κ2) is 3.69. The maximum absolute atomic E-state index is 9.81. The summed E-state index contributed by atoms with van der Waals surface area (Å²) in [4.78, 5) is 7.96. The Labute approximate surface area is 88.5 Å². The first kappa shape index (κ1) is 9.65. The first-order chi connectivity index (χ1) is 7.18. The molecule has 0 spiro atoms. The monoisotopic (exact) mass is 200 g/mol. The van der Waals surface area contributed by atoms with Crippen LogP contribution in [0.4, 0.5) is 0 Å². The van der Waals surface area contributed by atoms with Crippen molar-refractivity contribution in [3.05, 3.63) is 41.9 Å². The van der Waals surface area contributed by atoms with Crippen molar-refractivity contribution >= 4 is 0 Å². The van der Waals surface area contributed by atoms with Crippen LogP contribution in [0.5, 0.6) is 5.75 Å². The molecule has 1 aromatic carbocycles. The van der Waals surface area contributed by atoms with E-state index >= 15 is 0 Å². The van der Waals surface area contributed by atoms with Crippen LogP contribution in [0.15, 0.2) is 30.7 Å². The predicted octanol–water partition coefficient (Wildman–Crippen LogP) is 2.47. The van der Waals surface area contributed by atoms with Crippen LogP contribution in [0.3, 0.4) is 0 Å². The molecule has 0 amide bonds. The molecule has 1 N–H and O–H groups in total. The van der Waals surface area contributed by atoms with Crippen LogP contribution in [-0.2, 0) is 0 Å². The Hall–Kier alpha value is -1.90. The molecule has 0 aliphatic heterocycles. The zero-order chi connectivity index (χ0) is 10.8. The molecular formula is C12H12N2O. The first-order valence-electron chi connectivity index (χ1n) is 4.75. The third-order valence-corrected chi connectivity index (χ3v) is 2.47. The van der Waals surface area contributed by atoms with Crippen molar-refractivity contribution in [2.24, 2.45) is 0 Å². The highest BCUT2D eigenvalue weighted by Gasteiger charge is 2.07. The molecule has 0 aliphatic rings. The zero-order valence-electron chi connectivity index (χ0n) is 8.73. The van der Waals surface area contributed by atoms with E-state index in [1.54, 1.807) is 18.3 Å². The van der Waals surface area contributed by atoms with E-state index in [0.717, 1.165) is 22.4 Å². The van der Waals surface area contributed by atoms with E-state index in [1.165, 1.54) is 6.33 Å². The Morgan fingerprint density at radius 3 is 2.53 bits per heavy atom. The molecule has 2 rings (SSSR count). The first-order valence-corrected chi connectivity index (χ1v) is 4.75. The van der Waals surface area contributed by atoms with Crippen molar-refractivity contribution in [2.75, 3.05) is 0 Å². The fourth-order valence-electron chi connectivity index (χ4n) is 1.46. The normalized spacial score (nSPS) is 10.3. The maximum Gasteiger partial charge on any atom is 0.125 e. The number of hydrogen-bond donors (Lipinski definition) is 1. The number of phenols is 1. The highest BCUT2D eigenvalue weighted by molar-refractivity contribution is 5.68.